The molecule has 2 heteroatoms. The average molecular weight is 216 g/mol. The molecule has 1 aromatic rings. The van der Waals surface area contributed by atoms with Crippen molar-refractivity contribution >= 4 is 14.4 Å². The van der Waals surface area contributed by atoms with E-state index < -0.39 is 8.07 Å². The van der Waals surface area contributed by atoms with Gasteiger partial charge in [0.25, 0.3) is 0 Å². The molecule has 78 valence electrons. The van der Waals surface area contributed by atoms with Gasteiger partial charge < -0.3 is 0 Å². The van der Waals surface area contributed by atoms with Crippen LogP contribution in [0.5, 0.6) is 0 Å². The Morgan fingerprint density at radius 1 is 1.20 bits per heavy atom. The summed E-state index contributed by atoms with van der Waals surface area (Å²) < 4.78 is 0. The van der Waals surface area contributed by atoms with Gasteiger partial charge in [-0.2, -0.15) is 0 Å². The average Bonchev–Trinajstić information content (AvgIpc) is 2.17. The van der Waals surface area contributed by atoms with Crippen LogP contribution in [0.1, 0.15) is 15.9 Å². The van der Waals surface area contributed by atoms with Crippen molar-refractivity contribution in [3.8, 4) is 11.5 Å². The fraction of sp³-hybridized carbons (Fsp3) is 0.308. The van der Waals surface area contributed by atoms with Gasteiger partial charge >= 0.3 is 0 Å². The summed E-state index contributed by atoms with van der Waals surface area (Å²) in [6, 6.07) is 7.59. The summed E-state index contributed by atoms with van der Waals surface area (Å²) in [4.78, 5) is 10.4. The van der Waals surface area contributed by atoms with E-state index in [0.717, 1.165) is 18.3 Å². The van der Waals surface area contributed by atoms with E-state index in [1.54, 1.807) is 0 Å². The van der Waals surface area contributed by atoms with Crippen molar-refractivity contribution in [3.05, 3.63) is 35.4 Å². The highest BCUT2D eigenvalue weighted by Gasteiger charge is 2.06. The second-order valence-electron chi connectivity index (χ2n) is 4.59. The fourth-order valence-electron chi connectivity index (χ4n) is 1.13. The first-order valence-electron chi connectivity index (χ1n) is 5.05. The molecule has 1 rings (SSSR count). The summed E-state index contributed by atoms with van der Waals surface area (Å²) in [5, 5.41) is 0. The van der Waals surface area contributed by atoms with E-state index in [1.165, 1.54) is 5.56 Å². The summed E-state index contributed by atoms with van der Waals surface area (Å²) in [5.41, 5.74) is 5.21. The number of hydrogen-bond donors (Lipinski definition) is 0. The minimum absolute atomic E-state index is 0.719. The second-order valence-corrected chi connectivity index (χ2v) is 9.34. The van der Waals surface area contributed by atoms with Gasteiger partial charge in [0.05, 0.1) is 0 Å². The second kappa shape index (κ2) is 4.95. The van der Waals surface area contributed by atoms with E-state index in [1.807, 2.05) is 24.3 Å². The van der Waals surface area contributed by atoms with Gasteiger partial charge in [-0.1, -0.05) is 43.9 Å². The Hall–Kier alpha value is -1.33. The zero-order valence-corrected chi connectivity index (χ0v) is 10.5. The highest BCUT2D eigenvalue weighted by Crippen LogP contribution is 2.03. The molecule has 0 bridgehead atoms. The molecular formula is C13H16OSi. The molecule has 0 spiro atoms. The Labute approximate surface area is 92.5 Å². The molecule has 0 radical (unpaired) electrons. The largest absolute Gasteiger partial charge is 0.298 e. The Morgan fingerprint density at radius 2 is 1.80 bits per heavy atom. The Kier molecular flexibility index (Phi) is 3.87. The van der Waals surface area contributed by atoms with E-state index >= 15 is 0 Å². The van der Waals surface area contributed by atoms with E-state index in [4.69, 9.17) is 0 Å². The van der Waals surface area contributed by atoms with Gasteiger partial charge in [0.2, 0.25) is 0 Å². The topological polar surface area (TPSA) is 17.1 Å². The van der Waals surface area contributed by atoms with Gasteiger partial charge in [-0.15, -0.1) is 11.5 Å². The summed E-state index contributed by atoms with van der Waals surface area (Å²) in [7, 11) is -1.25. The third-order valence-electron chi connectivity index (χ3n) is 1.87. The summed E-state index contributed by atoms with van der Waals surface area (Å²) >= 11 is 0. The molecule has 15 heavy (non-hydrogen) atoms. The first-order valence-corrected chi connectivity index (χ1v) is 8.55. The quantitative estimate of drug-likeness (QED) is 0.422. The lowest BCUT2D eigenvalue weighted by molar-refractivity contribution is 0.112. The Balaban J connectivity index is 2.65. The SMILES string of the molecule is C[Si](C)(C)C#CCc1ccc(C=O)cc1. The van der Waals surface area contributed by atoms with Crippen molar-refractivity contribution < 1.29 is 4.79 Å². The van der Waals surface area contributed by atoms with Gasteiger partial charge in [-0.25, -0.2) is 0 Å². The lowest BCUT2D eigenvalue weighted by Gasteiger charge is -2.03. The highest BCUT2D eigenvalue weighted by atomic mass is 28.3. The fourth-order valence-corrected chi connectivity index (χ4v) is 1.74. The van der Waals surface area contributed by atoms with Crippen LogP contribution in [0, 0.1) is 11.5 Å². The molecule has 0 saturated heterocycles. The molecule has 0 fully saturated rings. The number of hydrogen-bond acceptors (Lipinski definition) is 1. The Morgan fingerprint density at radius 3 is 2.27 bits per heavy atom. The van der Waals surface area contributed by atoms with Crippen LogP contribution < -0.4 is 0 Å². The number of carbonyl (C=O) groups excluding carboxylic acids is 1. The van der Waals surface area contributed by atoms with Crippen LogP contribution in [0.3, 0.4) is 0 Å². The molecule has 0 aromatic heterocycles. The van der Waals surface area contributed by atoms with Crippen LogP contribution in [-0.2, 0) is 6.42 Å². The minimum atomic E-state index is -1.25. The molecule has 1 aromatic carbocycles. The van der Waals surface area contributed by atoms with Crippen molar-refractivity contribution in [2.45, 2.75) is 26.1 Å². The van der Waals surface area contributed by atoms with Gasteiger partial charge in [0.1, 0.15) is 14.4 Å². The standard InChI is InChI=1S/C13H16OSi/c1-15(2,3)10-4-5-12-6-8-13(11-14)9-7-12/h6-9,11H,5H2,1-3H3. The van der Waals surface area contributed by atoms with Crippen molar-refractivity contribution in [2.24, 2.45) is 0 Å². The number of benzene rings is 1. The maximum Gasteiger partial charge on any atom is 0.150 e. The lowest BCUT2D eigenvalue weighted by atomic mass is 10.1. The normalized spacial score (nSPS) is 10.3. The van der Waals surface area contributed by atoms with Crippen molar-refractivity contribution in [1.29, 1.82) is 0 Å². The zero-order valence-electron chi connectivity index (χ0n) is 9.50. The third-order valence-corrected chi connectivity index (χ3v) is 2.80. The van der Waals surface area contributed by atoms with Crippen LogP contribution in [0.4, 0.5) is 0 Å². The van der Waals surface area contributed by atoms with Crippen LogP contribution in [-0.4, -0.2) is 14.4 Å². The molecule has 0 heterocycles. The molecule has 0 amide bonds. The van der Waals surface area contributed by atoms with Gasteiger partial charge in [0, 0.05) is 12.0 Å². The predicted molar refractivity (Wildman–Crippen MR) is 66.7 cm³/mol. The van der Waals surface area contributed by atoms with Crippen LogP contribution in [0.25, 0.3) is 0 Å². The van der Waals surface area contributed by atoms with Gasteiger partial charge in [0.15, 0.2) is 0 Å². The molecule has 0 aliphatic heterocycles. The highest BCUT2D eigenvalue weighted by molar-refractivity contribution is 6.83. The van der Waals surface area contributed by atoms with Crippen molar-refractivity contribution in [3.63, 3.8) is 0 Å². The monoisotopic (exact) mass is 216 g/mol. The predicted octanol–water partition coefficient (Wildman–Crippen LogP) is 2.92. The Bertz CT molecular complexity index is 387. The summed E-state index contributed by atoms with van der Waals surface area (Å²) in [6.45, 7) is 6.69. The number of aldehydes is 1. The molecule has 1 nitrogen and oxygen atoms in total. The molecule has 0 saturated carbocycles. The van der Waals surface area contributed by atoms with Crippen LogP contribution >= 0.6 is 0 Å². The smallest absolute Gasteiger partial charge is 0.150 e. The molecule has 0 unspecified atom stereocenters. The first-order chi connectivity index (χ1) is 7.01. The van der Waals surface area contributed by atoms with Crippen LogP contribution in [0.2, 0.25) is 19.6 Å². The van der Waals surface area contributed by atoms with Crippen molar-refractivity contribution in [2.75, 3.05) is 0 Å². The van der Waals surface area contributed by atoms with Gasteiger partial charge in [-0.3, -0.25) is 4.79 Å². The number of rotatable bonds is 2. The van der Waals surface area contributed by atoms with Gasteiger partial charge in [-0.05, 0) is 5.56 Å². The molecule has 0 aliphatic rings. The van der Waals surface area contributed by atoms with E-state index in [2.05, 4.69) is 31.1 Å². The number of carbonyl (C=O) groups is 1. The van der Waals surface area contributed by atoms with E-state index in [9.17, 15) is 4.79 Å². The third kappa shape index (κ3) is 4.62. The zero-order chi connectivity index (χ0) is 11.3. The minimum Gasteiger partial charge on any atom is -0.298 e. The summed E-state index contributed by atoms with van der Waals surface area (Å²) in [5.74, 6) is 3.20. The maximum atomic E-state index is 10.4. The van der Waals surface area contributed by atoms with E-state index in [-0.39, 0.29) is 0 Å². The van der Waals surface area contributed by atoms with E-state index in [0.29, 0.717) is 0 Å². The van der Waals surface area contributed by atoms with Crippen LogP contribution in [0.15, 0.2) is 24.3 Å². The summed E-state index contributed by atoms with van der Waals surface area (Å²) in [6.07, 6.45) is 1.64. The molecule has 0 atom stereocenters. The van der Waals surface area contributed by atoms with Crippen molar-refractivity contribution in [1.82, 2.24) is 0 Å². The molecule has 0 aliphatic carbocycles. The molecular weight excluding hydrogens is 200 g/mol. The lowest BCUT2D eigenvalue weighted by Crippen LogP contribution is -2.16. The first kappa shape index (κ1) is 11.7. The molecule has 0 N–H and O–H groups in total. The maximum absolute atomic E-state index is 10.4.